The van der Waals surface area contributed by atoms with Crippen LogP contribution in [-0.2, 0) is 4.84 Å². The molecule has 0 unspecified atom stereocenters. The van der Waals surface area contributed by atoms with Crippen LogP contribution in [0.25, 0.3) is 5.52 Å². The van der Waals surface area contributed by atoms with Gasteiger partial charge in [-0.1, -0.05) is 0 Å². The number of fused-ring (bicyclic) bond motifs is 1. The molecule has 84 valence electrons. The number of amides is 1. The molecule has 7 heteroatoms. The maximum Gasteiger partial charge on any atom is 0.279 e. The number of anilines is 1. The van der Waals surface area contributed by atoms with Crippen LogP contribution in [0.1, 0.15) is 10.4 Å². The molecule has 0 aliphatic rings. The second-order valence-corrected chi connectivity index (χ2v) is 3.15. The van der Waals surface area contributed by atoms with E-state index in [1.54, 1.807) is 12.3 Å². The van der Waals surface area contributed by atoms with Gasteiger partial charge < -0.3 is 5.73 Å². The summed E-state index contributed by atoms with van der Waals surface area (Å²) in [4.78, 5) is 20.5. The molecule has 2 aromatic rings. The Balaban J connectivity index is 2.57. The third-order valence-electron chi connectivity index (χ3n) is 2.27. The van der Waals surface area contributed by atoms with Gasteiger partial charge in [0.1, 0.15) is 11.8 Å². The fourth-order valence-electron chi connectivity index (χ4n) is 1.40. The molecule has 2 rings (SSSR count). The quantitative estimate of drug-likeness (QED) is 0.718. The van der Waals surface area contributed by atoms with Crippen LogP contribution in [0, 0.1) is 0 Å². The number of hydrogen-bond donors (Lipinski definition) is 1. The van der Waals surface area contributed by atoms with Crippen LogP contribution in [0.3, 0.4) is 0 Å². The van der Waals surface area contributed by atoms with E-state index in [1.165, 1.54) is 25.0 Å². The van der Waals surface area contributed by atoms with Crippen molar-refractivity contribution in [1.29, 1.82) is 0 Å². The van der Waals surface area contributed by atoms with Crippen molar-refractivity contribution in [3.8, 4) is 0 Å². The first-order valence-electron chi connectivity index (χ1n) is 4.55. The van der Waals surface area contributed by atoms with Gasteiger partial charge in [-0.15, -0.1) is 0 Å². The fourth-order valence-corrected chi connectivity index (χ4v) is 1.40. The number of hydrogen-bond acceptors (Lipinski definition) is 5. The van der Waals surface area contributed by atoms with E-state index in [1.807, 2.05) is 0 Å². The van der Waals surface area contributed by atoms with E-state index in [2.05, 4.69) is 10.1 Å². The van der Waals surface area contributed by atoms with Crippen molar-refractivity contribution in [2.75, 3.05) is 19.9 Å². The minimum Gasteiger partial charge on any atom is -0.382 e. The van der Waals surface area contributed by atoms with E-state index in [9.17, 15) is 4.79 Å². The zero-order valence-electron chi connectivity index (χ0n) is 8.91. The highest BCUT2D eigenvalue weighted by atomic mass is 16.7. The van der Waals surface area contributed by atoms with Gasteiger partial charge in [-0.05, 0) is 6.07 Å². The largest absolute Gasteiger partial charge is 0.382 e. The molecule has 0 saturated carbocycles. The number of rotatable bonds is 2. The number of hydroxylamine groups is 2. The summed E-state index contributed by atoms with van der Waals surface area (Å²) in [5.41, 5.74) is 6.59. The zero-order valence-corrected chi connectivity index (χ0v) is 8.91. The lowest BCUT2D eigenvalue weighted by molar-refractivity contribution is -0.0755. The lowest BCUT2D eigenvalue weighted by Crippen LogP contribution is -2.25. The van der Waals surface area contributed by atoms with Crippen molar-refractivity contribution >= 4 is 17.2 Å². The molecule has 2 heterocycles. The molecule has 0 bridgehead atoms. The number of nitrogen functional groups attached to an aromatic ring is 1. The van der Waals surface area contributed by atoms with Gasteiger partial charge in [-0.25, -0.2) is 14.6 Å². The van der Waals surface area contributed by atoms with Crippen LogP contribution < -0.4 is 5.73 Å². The molecule has 0 saturated heterocycles. The van der Waals surface area contributed by atoms with Crippen molar-refractivity contribution in [1.82, 2.24) is 19.7 Å². The van der Waals surface area contributed by atoms with E-state index in [-0.39, 0.29) is 11.7 Å². The van der Waals surface area contributed by atoms with E-state index < -0.39 is 0 Å². The number of carbonyl (C=O) groups is 1. The molecule has 1 amide bonds. The third kappa shape index (κ3) is 1.47. The normalized spacial score (nSPS) is 10.6. The maximum atomic E-state index is 11.9. The lowest BCUT2D eigenvalue weighted by atomic mass is 10.2. The van der Waals surface area contributed by atoms with Crippen molar-refractivity contribution < 1.29 is 9.63 Å². The van der Waals surface area contributed by atoms with Gasteiger partial charge >= 0.3 is 0 Å². The molecule has 16 heavy (non-hydrogen) atoms. The van der Waals surface area contributed by atoms with Crippen LogP contribution in [-0.4, -0.2) is 39.7 Å². The Morgan fingerprint density at radius 2 is 2.38 bits per heavy atom. The molecule has 0 fully saturated rings. The van der Waals surface area contributed by atoms with Crippen molar-refractivity contribution in [2.45, 2.75) is 0 Å². The van der Waals surface area contributed by atoms with Gasteiger partial charge in [0.2, 0.25) is 0 Å². The van der Waals surface area contributed by atoms with Gasteiger partial charge in [-0.2, -0.15) is 5.10 Å². The van der Waals surface area contributed by atoms with Crippen LogP contribution in [0.2, 0.25) is 0 Å². The molecule has 2 N–H and O–H groups in total. The lowest BCUT2D eigenvalue weighted by Gasteiger charge is -2.12. The summed E-state index contributed by atoms with van der Waals surface area (Å²) >= 11 is 0. The fraction of sp³-hybridized carbons (Fsp3) is 0.222. The SMILES string of the molecule is CON(C)C(=O)c1ccn2ncnc(N)c12. The highest BCUT2D eigenvalue weighted by Crippen LogP contribution is 2.17. The number of nitrogens with zero attached hydrogens (tertiary/aromatic N) is 4. The first-order valence-corrected chi connectivity index (χ1v) is 4.55. The highest BCUT2D eigenvalue weighted by Gasteiger charge is 2.18. The predicted octanol–water partition coefficient (Wildman–Crippen LogP) is -0.0551. The molecule has 0 radical (unpaired) electrons. The average molecular weight is 221 g/mol. The molecule has 0 spiro atoms. The van der Waals surface area contributed by atoms with Crippen LogP contribution in [0.5, 0.6) is 0 Å². The van der Waals surface area contributed by atoms with Crippen LogP contribution >= 0.6 is 0 Å². The Hall–Kier alpha value is -2.15. The maximum absolute atomic E-state index is 11.9. The Labute approximate surface area is 91.4 Å². The Bertz CT molecular complexity index is 536. The molecule has 0 aliphatic carbocycles. The monoisotopic (exact) mass is 221 g/mol. The van der Waals surface area contributed by atoms with Crippen molar-refractivity contribution in [3.05, 3.63) is 24.2 Å². The Morgan fingerprint density at radius 1 is 1.62 bits per heavy atom. The van der Waals surface area contributed by atoms with Gasteiger partial charge in [-0.3, -0.25) is 9.63 Å². The number of carbonyl (C=O) groups excluding carboxylic acids is 1. The highest BCUT2D eigenvalue weighted by molar-refractivity contribution is 6.02. The minimum atomic E-state index is -0.300. The first kappa shape index (κ1) is 10.4. The summed E-state index contributed by atoms with van der Waals surface area (Å²) in [7, 11) is 2.93. The predicted molar refractivity (Wildman–Crippen MR) is 56.5 cm³/mol. The van der Waals surface area contributed by atoms with E-state index in [0.717, 1.165) is 5.06 Å². The van der Waals surface area contributed by atoms with Crippen molar-refractivity contribution in [2.24, 2.45) is 0 Å². The molecular weight excluding hydrogens is 210 g/mol. The van der Waals surface area contributed by atoms with Gasteiger partial charge in [0.05, 0.1) is 12.7 Å². The molecule has 0 atom stereocenters. The molecule has 2 aromatic heterocycles. The van der Waals surface area contributed by atoms with E-state index in [0.29, 0.717) is 11.1 Å². The summed E-state index contributed by atoms with van der Waals surface area (Å²) in [5, 5.41) is 5.06. The molecule has 0 aliphatic heterocycles. The van der Waals surface area contributed by atoms with Gasteiger partial charge in [0.25, 0.3) is 5.91 Å². The summed E-state index contributed by atoms with van der Waals surface area (Å²) in [6.45, 7) is 0. The van der Waals surface area contributed by atoms with E-state index >= 15 is 0 Å². The minimum absolute atomic E-state index is 0.257. The topological polar surface area (TPSA) is 85.8 Å². The first-order chi connectivity index (χ1) is 7.65. The summed E-state index contributed by atoms with van der Waals surface area (Å²) in [6.07, 6.45) is 2.97. The third-order valence-corrected chi connectivity index (χ3v) is 2.27. The Kier molecular flexibility index (Phi) is 2.45. The molecule has 7 nitrogen and oxygen atoms in total. The summed E-state index contributed by atoms with van der Waals surface area (Å²) in [6, 6.07) is 1.62. The van der Waals surface area contributed by atoms with Gasteiger partial charge in [0.15, 0.2) is 5.82 Å². The van der Waals surface area contributed by atoms with Crippen LogP contribution in [0.4, 0.5) is 5.82 Å². The second-order valence-electron chi connectivity index (χ2n) is 3.15. The smallest absolute Gasteiger partial charge is 0.279 e. The number of aromatic nitrogens is 3. The molecular formula is C9H11N5O2. The zero-order chi connectivity index (χ0) is 11.7. The van der Waals surface area contributed by atoms with Gasteiger partial charge in [0, 0.05) is 13.2 Å². The molecule has 0 aromatic carbocycles. The Morgan fingerprint density at radius 3 is 3.06 bits per heavy atom. The summed E-state index contributed by atoms with van der Waals surface area (Å²) < 4.78 is 1.50. The van der Waals surface area contributed by atoms with Crippen LogP contribution in [0.15, 0.2) is 18.6 Å². The number of nitrogens with two attached hydrogens (primary N) is 1. The second kappa shape index (κ2) is 3.78. The summed E-state index contributed by atoms with van der Waals surface area (Å²) in [5.74, 6) is -0.0423. The average Bonchev–Trinajstić information content (AvgIpc) is 2.72. The standard InChI is InChI=1S/C9H11N5O2/c1-13(16-2)9(15)6-3-4-14-7(6)8(10)11-5-12-14/h3-5H,1-2H3,(H2,10,11,12). The van der Waals surface area contributed by atoms with E-state index in [4.69, 9.17) is 10.6 Å². The van der Waals surface area contributed by atoms with Crippen molar-refractivity contribution in [3.63, 3.8) is 0 Å².